The van der Waals surface area contributed by atoms with Crippen molar-refractivity contribution in [2.45, 2.75) is 13.3 Å². The Hall–Kier alpha value is -2.26. The van der Waals surface area contributed by atoms with Gasteiger partial charge in [0.1, 0.15) is 11.3 Å². The van der Waals surface area contributed by atoms with E-state index in [1.54, 1.807) is 30.3 Å². The van der Waals surface area contributed by atoms with Crippen LogP contribution in [-0.2, 0) is 9.59 Å². The molecule has 1 N–H and O–H groups in total. The molecule has 27 heavy (non-hydrogen) atoms. The van der Waals surface area contributed by atoms with Crippen LogP contribution in [0, 0.1) is 3.57 Å². The summed E-state index contributed by atoms with van der Waals surface area (Å²) in [6, 6.07) is 14.0. The smallest absolute Gasteiger partial charge is 0.270 e. The maximum atomic E-state index is 13.1. The number of phenols is 1. The lowest BCUT2D eigenvalue weighted by Gasteiger charge is -2.36. The molecule has 0 spiro atoms. The van der Waals surface area contributed by atoms with Gasteiger partial charge in [-0.3, -0.25) is 19.4 Å². The number of aromatic hydroxyl groups is 1. The lowest BCUT2D eigenvalue weighted by Crippen LogP contribution is -2.56. The maximum Gasteiger partial charge on any atom is 0.270 e. The van der Waals surface area contributed by atoms with E-state index in [2.05, 4.69) is 0 Å². The van der Waals surface area contributed by atoms with Crippen molar-refractivity contribution in [2.75, 3.05) is 11.4 Å². The summed E-state index contributed by atoms with van der Waals surface area (Å²) in [6.07, 6.45) is 2.26. The quantitative estimate of drug-likeness (QED) is 0.304. The van der Waals surface area contributed by atoms with Crippen molar-refractivity contribution in [3.63, 3.8) is 0 Å². The van der Waals surface area contributed by atoms with Gasteiger partial charge < -0.3 is 5.11 Å². The van der Waals surface area contributed by atoms with Gasteiger partial charge >= 0.3 is 0 Å². The molecular weight excluding hydrogens is 475 g/mol. The molecule has 0 radical (unpaired) electrons. The van der Waals surface area contributed by atoms with Gasteiger partial charge in [0.15, 0.2) is 5.11 Å². The number of thiocarbonyl (C=S) groups is 1. The highest BCUT2D eigenvalue weighted by Crippen LogP contribution is 2.27. The molecule has 1 aliphatic rings. The molecule has 0 saturated carbocycles. The fourth-order valence-electron chi connectivity index (χ4n) is 2.78. The Balaban J connectivity index is 2.09. The molecule has 1 aliphatic heterocycles. The summed E-state index contributed by atoms with van der Waals surface area (Å²) in [5, 5.41) is 9.89. The van der Waals surface area contributed by atoms with Crippen LogP contribution < -0.4 is 4.90 Å². The topological polar surface area (TPSA) is 60.9 Å². The zero-order valence-electron chi connectivity index (χ0n) is 14.6. The Labute approximate surface area is 176 Å². The summed E-state index contributed by atoms with van der Waals surface area (Å²) in [5.41, 5.74) is 1.32. The number of halogens is 1. The second-order valence-corrected chi connectivity index (χ2v) is 7.51. The third-order valence-corrected chi connectivity index (χ3v) is 5.34. The van der Waals surface area contributed by atoms with E-state index >= 15 is 0 Å². The summed E-state index contributed by atoms with van der Waals surface area (Å²) >= 11 is 7.45. The molecule has 1 fully saturated rings. The van der Waals surface area contributed by atoms with Crippen molar-refractivity contribution in [3.8, 4) is 5.75 Å². The van der Waals surface area contributed by atoms with Crippen LogP contribution in [0.5, 0.6) is 5.75 Å². The van der Waals surface area contributed by atoms with Gasteiger partial charge in [0.25, 0.3) is 11.8 Å². The molecule has 2 aromatic rings. The number of carbonyl (C=O) groups excluding carboxylic acids is 2. The molecule has 0 aromatic heterocycles. The van der Waals surface area contributed by atoms with Crippen LogP contribution in [0.4, 0.5) is 5.69 Å². The van der Waals surface area contributed by atoms with E-state index in [-0.39, 0.29) is 16.4 Å². The molecule has 7 heteroatoms. The van der Waals surface area contributed by atoms with E-state index in [9.17, 15) is 14.7 Å². The first kappa shape index (κ1) is 19.5. The molecule has 0 aliphatic carbocycles. The van der Waals surface area contributed by atoms with Gasteiger partial charge in [-0.2, -0.15) is 0 Å². The minimum absolute atomic E-state index is 0.0439. The third kappa shape index (κ3) is 3.89. The number of amides is 2. The molecule has 2 aromatic carbocycles. The molecule has 1 saturated heterocycles. The summed E-state index contributed by atoms with van der Waals surface area (Å²) in [7, 11) is 0. The molecule has 3 rings (SSSR count). The van der Waals surface area contributed by atoms with Gasteiger partial charge in [-0.1, -0.05) is 31.2 Å². The second-order valence-electron chi connectivity index (χ2n) is 5.98. The zero-order valence-corrected chi connectivity index (χ0v) is 17.5. The number of carbonyl (C=O) groups is 2. The van der Waals surface area contributed by atoms with Gasteiger partial charge in [0.05, 0.1) is 9.26 Å². The van der Waals surface area contributed by atoms with E-state index in [4.69, 9.17) is 12.2 Å². The molecule has 138 valence electrons. The van der Waals surface area contributed by atoms with Crippen LogP contribution in [0.25, 0.3) is 6.08 Å². The summed E-state index contributed by atoms with van der Waals surface area (Å²) in [5.74, 6) is -0.701. The number of hydrogen-bond acceptors (Lipinski definition) is 4. The number of phenolic OH excluding ortho intramolecular Hbond substituents is 1. The van der Waals surface area contributed by atoms with Crippen molar-refractivity contribution in [1.29, 1.82) is 0 Å². The highest BCUT2D eigenvalue weighted by atomic mass is 127. The van der Waals surface area contributed by atoms with Gasteiger partial charge in [-0.05, 0) is 77.1 Å². The lowest BCUT2D eigenvalue weighted by molar-refractivity contribution is -0.127. The Bertz CT molecular complexity index is 943. The molecule has 0 unspecified atom stereocenters. The number of nitrogens with zero attached hydrogens (tertiary/aromatic N) is 2. The van der Waals surface area contributed by atoms with Crippen molar-refractivity contribution in [2.24, 2.45) is 0 Å². The predicted molar refractivity (Wildman–Crippen MR) is 117 cm³/mol. The van der Waals surface area contributed by atoms with E-state index < -0.39 is 11.8 Å². The Kier molecular flexibility index (Phi) is 5.91. The van der Waals surface area contributed by atoms with Gasteiger partial charge in [0, 0.05) is 6.54 Å². The van der Waals surface area contributed by atoms with Crippen molar-refractivity contribution < 1.29 is 14.7 Å². The minimum Gasteiger partial charge on any atom is -0.507 e. The second kappa shape index (κ2) is 8.18. The van der Waals surface area contributed by atoms with E-state index in [1.807, 2.05) is 47.7 Å². The number of hydrogen-bond donors (Lipinski definition) is 1. The minimum atomic E-state index is -0.452. The molecule has 0 atom stereocenters. The van der Waals surface area contributed by atoms with Crippen LogP contribution in [-0.4, -0.2) is 33.5 Å². The standard InChI is InChI=1S/C20H17IN2O3S/c1-2-10-22-18(25)15(11-13-8-9-17(24)16(21)12-13)19(26)23(20(22)27)14-6-4-3-5-7-14/h3-9,11-12,24H,2,10H2,1H3/b15-11+. The van der Waals surface area contributed by atoms with Crippen LogP contribution in [0.3, 0.4) is 0 Å². The molecule has 0 bridgehead atoms. The summed E-state index contributed by atoms with van der Waals surface area (Å²) < 4.78 is 0.638. The first-order chi connectivity index (χ1) is 12.9. The highest BCUT2D eigenvalue weighted by Gasteiger charge is 2.39. The van der Waals surface area contributed by atoms with Crippen LogP contribution in [0.1, 0.15) is 18.9 Å². The van der Waals surface area contributed by atoms with Gasteiger partial charge in [0.2, 0.25) is 0 Å². The first-order valence-electron chi connectivity index (χ1n) is 8.39. The van der Waals surface area contributed by atoms with E-state index in [0.29, 0.717) is 27.8 Å². The van der Waals surface area contributed by atoms with E-state index in [0.717, 1.165) is 0 Å². The Morgan fingerprint density at radius 2 is 1.81 bits per heavy atom. The largest absolute Gasteiger partial charge is 0.507 e. The Morgan fingerprint density at radius 1 is 1.11 bits per heavy atom. The SMILES string of the molecule is CCCN1C(=O)/C(=C\c2ccc(O)c(I)c2)C(=O)N(c2ccccc2)C1=S. The number of anilines is 1. The average Bonchev–Trinajstić information content (AvgIpc) is 2.66. The van der Waals surface area contributed by atoms with Crippen LogP contribution in [0.2, 0.25) is 0 Å². The number of rotatable bonds is 4. The average molecular weight is 492 g/mol. The fraction of sp³-hybridized carbons (Fsp3) is 0.150. The number of benzene rings is 2. The molecule has 1 heterocycles. The van der Waals surface area contributed by atoms with Crippen LogP contribution in [0.15, 0.2) is 54.1 Å². The molecule has 5 nitrogen and oxygen atoms in total. The molecule has 2 amide bonds. The van der Waals surface area contributed by atoms with E-state index in [1.165, 1.54) is 15.9 Å². The number of para-hydroxylation sites is 1. The summed E-state index contributed by atoms with van der Waals surface area (Å²) in [6.45, 7) is 2.38. The zero-order chi connectivity index (χ0) is 19.6. The van der Waals surface area contributed by atoms with Crippen molar-refractivity contribution in [3.05, 3.63) is 63.2 Å². The fourth-order valence-corrected chi connectivity index (χ4v) is 3.68. The Morgan fingerprint density at radius 3 is 2.44 bits per heavy atom. The van der Waals surface area contributed by atoms with Crippen LogP contribution >= 0.6 is 34.8 Å². The predicted octanol–water partition coefficient (Wildman–Crippen LogP) is 3.95. The highest BCUT2D eigenvalue weighted by molar-refractivity contribution is 14.1. The third-order valence-electron chi connectivity index (χ3n) is 4.08. The van der Waals surface area contributed by atoms with Crippen molar-refractivity contribution in [1.82, 2.24) is 4.90 Å². The first-order valence-corrected chi connectivity index (χ1v) is 9.88. The van der Waals surface area contributed by atoms with Gasteiger partial charge in [-0.15, -0.1) is 0 Å². The normalized spacial score (nSPS) is 16.4. The van der Waals surface area contributed by atoms with Crippen molar-refractivity contribution >= 4 is 63.5 Å². The maximum absolute atomic E-state index is 13.1. The van der Waals surface area contributed by atoms with Gasteiger partial charge in [-0.25, -0.2) is 0 Å². The molecular formula is C20H17IN2O3S. The lowest BCUT2D eigenvalue weighted by atomic mass is 10.1. The monoisotopic (exact) mass is 492 g/mol. The summed E-state index contributed by atoms with van der Waals surface area (Å²) in [4.78, 5) is 28.9.